The first-order valence-corrected chi connectivity index (χ1v) is 11.5. The van der Waals surface area contributed by atoms with Gasteiger partial charge in [-0.3, -0.25) is 4.79 Å². The molecule has 6 rings (SSSR count). The number of fused-ring (bicyclic) bond motifs is 3. The van der Waals surface area contributed by atoms with Crippen LogP contribution in [0.5, 0.6) is 5.75 Å². The molecule has 0 saturated heterocycles. The number of para-hydroxylation sites is 2. The molecule has 0 fully saturated rings. The molecular formula is C30H21N3O3. The van der Waals surface area contributed by atoms with Crippen molar-refractivity contribution in [2.45, 2.75) is 0 Å². The molecule has 0 bridgehead atoms. The number of hydrogen-bond donors (Lipinski definition) is 0. The second kappa shape index (κ2) is 9.00. The van der Waals surface area contributed by atoms with Gasteiger partial charge in [-0.15, -0.1) is 0 Å². The minimum atomic E-state index is -0.291. The van der Waals surface area contributed by atoms with Gasteiger partial charge in [0.15, 0.2) is 5.76 Å². The molecule has 36 heavy (non-hydrogen) atoms. The van der Waals surface area contributed by atoms with Crippen LogP contribution in [0.4, 0.5) is 0 Å². The lowest BCUT2D eigenvalue weighted by molar-refractivity contribution is 0.363. The van der Waals surface area contributed by atoms with Crippen LogP contribution in [-0.2, 0) is 0 Å². The number of furan rings is 1. The van der Waals surface area contributed by atoms with Gasteiger partial charge in [0, 0.05) is 10.9 Å². The Kier molecular flexibility index (Phi) is 5.39. The zero-order valence-corrected chi connectivity index (χ0v) is 19.3. The highest BCUT2D eigenvalue weighted by molar-refractivity contribution is 6.02. The highest BCUT2D eigenvalue weighted by Crippen LogP contribution is 2.29. The summed E-state index contributed by atoms with van der Waals surface area (Å²) in [5.74, 6) is 1.42. The first-order chi connectivity index (χ1) is 17.7. The fraction of sp³-hybridized carbons (Fsp3) is 0.0333. The van der Waals surface area contributed by atoms with Gasteiger partial charge >= 0.3 is 0 Å². The Hall–Kier alpha value is -4.97. The van der Waals surface area contributed by atoms with E-state index in [4.69, 9.17) is 14.1 Å². The van der Waals surface area contributed by atoms with Crippen molar-refractivity contribution in [1.82, 2.24) is 9.66 Å². The lowest BCUT2D eigenvalue weighted by Gasteiger charge is -2.11. The molecule has 0 aliphatic heterocycles. The maximum atomic E-state index is 13.6. The summed E-state index contributed by atoms with van der Waals surface area (Å²) < 4.78 is 13.3. The van der Waals surface area contributed by atoms with Gasteiger partial charge in [-0.05, 0) is 41.1 Å². The van der Waals surface area contributed by atoms with Crippen molar-refractivity contribution in [2.24, 2.45) is 5.10 Å². The van der Waals surface area contributed by atoms with E-state index in [9.17, 15) is 4.79 Å². The molecule has 0 N–H and O–H groups in total. The van der Waals surface area contributed by atoms with Gasteiger partial charge in [0.25, 0.3) is 5.56 Å². The van der Waals surface area contributed by atoms with E-state index in [0.717, 1.165) is 21.7 Å². The van der Waals surface area contributed by atoms with Crippen LogP contribution in [0.15, 0.2) is 118 Å². The van der Waals surface area contributed by atoms with E-state index in [-0.39, 0.29) is 5.56 Å². The Morgan fingerprint density at radius 3 is 2.50 bits per heavy atom. The van der Waals surface area contributed by atoms with E-state index in [0.29, 0.717) is 40.4 Å². The van der Waals surface area contributed by atoms with Gasteiger partial charge in [-0.1, -0.05) is 73.3 Å². The number of rotatable bonds is 6. The molecule has 0 atom stereocenters. The molecule has 0 aliphatic carbocycles. The second-order valence-electron chi connectivity index (χ2n) is 8.26. The first kappa shape index (κ1) is 21.6. The molecule has 2 heterocycles. The molecular weight excluding hydrogens is 450 g/mol. The quantitative estimate of drug-likeness (QED) is 0.208. The van der Waals surface area contributed by atoms with E-state index in [1.165, 1.54) is 4.68 Å². The summed E-state index contributed by atoms with van der Waals surface area (Å²) in [5, 5.41) is 8.01. The second-order valence-corrected chi connectivity index (χ2v) is 8.26. The van der Waals surface area contributed by atoms with E-state index in [2.05, 4.69) is 11.7 Å². The largest absolute Gasteiger partial charge is 0.489 e. The normalized spacial score (nSPS) is 11.6. The minimum Gasteiger partial charge on any atom is -0.489 e. The summed E-state index contributed by atoms with van der Waals surface area (Å²) in [6.07, 6.45) is 3.33. The van der Waals surface area contributed by atoms with Gasteiger partial charge in [-0.2, -0.15) is 9.78 Å². The maximum Gasteiger partial charge on any atom is 0.282 e. The molecule has 2 aromatic heterocycles. The topological polar surface area (TPSA) is 69.6 Å². The Bertz CT molecular complexity index is 1810. The van der Waals surface area contributed by atoms with Crippen molar-refractivity contribution in [3.05, 3.63) is 120 Å². The van der Waals surface area contributed by atoms with Crippen LogP contribution in [0, 0.1) is 0 Å². The number of benzene rings is 4. The SMILES string of the molecule is C=CCOc1ccc2ccccc2c1C=Nn1c(-c2cc3ccccc3o2)nc2ccccc2c1=O. The Morgan fingerprint density at radius 1 is 0.917 bits per heavy atom. The standard InChI is InChI=1S/C30H21N3O3/c1-2-17-35-27-16-15-20-9-3-5-11-22(20)24(27)19-31-33-29(28-18-21-10-4-8-14-26(21)36-28)32-25-13-7-6-12-23(25)30(33)34/h2-16,18-19H,1,17H2. The highest BCUT2D eigenvalue weighted by atomic mass is 16.5. The van der Waals surface area contributed by atoms with Gasteiger partial charge < -0.3 is 9.15 Å². The van der Waals surface area contributed by atoms with Crippen LogP contribution in [0.25, 0.3) is 44.2 Å². The molecule has 6 aromatic rings. The van der Waals surface area contributed by atoms with E-state index >= 15 is 0 Å². The predicted molar refractivity (Wildman–Crippen MR) is 144 cm³/mol. The molecule has 0 spiro atoms. The summed E-state index contributed by atoms with van der Waals surface area (Å²) in [5.41, 5.74) is 1.75. The lowest BCUT2D eigenvalue weighted by Crippen LogP contribution is -2.20. The third-order valence-electron chi connectivity index (χ3n) is 5.99. The Balaban J connectivity index is 1.58. The fourth-order valence-electron chi connectivity index (χ4n) is 4.28. The third-order valence-corrected chi connectivity index (χ3v) is 5.99. The summed E-state index contributed by atoms with van der Waals surface area (Å²) >= 11 is 0. The van der Waals surface area contributed by atoms with Gasteiger partial charge in [0.05, 0.1) is 17.1 Å². The summed E-state index contributed by atoms with van der Waals surface area (Å²) in [6.45, 7) is 4.09. The molecule has 6 nitrogen and oxygen atoms in total. The van der Waals surface area contributed by atoms with E-state index in [1.54, 1.807) is 18.4 Å². The zero-order valence-electron chi connectivity index (χ0n) is 19.3. The predicted octanol–water partition coefficient (Wildman–Crippen LogP) is 6.41. The van der Waals surface area contributed by atoms with Crippen molar-refractivity contribution < 1.29 is 9.15 Å². The molecule has 6 heteroatoms. The van der Waals surface area contributed by atoms with Crippen molar-refractivity contribution in [2.75, 3.05) is 6.61 Å². The molecule has 4 aromatic carbocycles. The molecule has 0 radical (unpaired) electrons. The van der Waals surface area contributed by atoms with Crippen molar-refractivity contribution in [3.8, 4) is 17.3 Å². The Morgan fingerprint density at radius 2 is 1.67 bits per heavy atom. The van der Waals surface area contributed by atoms with Gasteiger partial charge in [0.2, 0.25) is 5.82 Å². The average Bonchev–Trinajstić information content (AvgIpc) is 3.36. The monoisotopic (exact) mass is 471 g/mol. The number of aromatic nitrogens is 2. The summed E-state index contributed by atoms with van der Waals surface area (Å²) in [7, 11) is 0. The summed E-state index contributed by atoms with van der Waals surface area (Å²) in [4.78, 5) is 18.4. The van der Waals surface area contributed by atoms with Crippen LogP contribution in [-0.4, -0.2) is 22.5 Å². The highest BCUT2D eigenvalue weighted by Gasteiger charge is 2.17. The first-order valence-electron chi connectivity index (χ1n) is 11.5. The van der Waals surface area contributed by atoms with E-state index < -0.39 is 0 Å². The molecule has 0 saturated carbocycles. The number of nitrogens with zero attached hydrogens (tertiary/aromatic N) is 3. The van der Waals surface area contributed by atoms with Crippen molar-refractivity contribution >= 4 is 38.9 Å². The molecule has 0 aliphatic rings. The van der Waals surface area contributed by atoms with Crippen molar-refractivity contribution in [3.63, 3.8) is 0 Å². The minimum absolute atomic E-state index is 0.291. The molecule has 174 valence electrons. The van der Waals surface area contributed by atoms with Crippen LogP contribution in [0.1, 0.15) is 5.56 Å². The number of ether oxygens (including phenoxy) is 1. The van der Waals surface area contributed by atoms with E-state index in [1.807, 2.05) is 84.9 Å². The molecule has 0 unspecified atom stereocenters. The lowest BCUT2D eigenvalue weighted by atomic mass is 10.0. The van der Waals surface area contributed by atoms with Gasteiger partial charge in [0.1, 0.15) is 17.9 Å². The van der Waals surface area contributed by atoms with Crippen LogP contribution >= 0.6 is 0 Å². The smallest absolute Gasteiger partial charge is 0.282 e. The average molecular weight is 472 g/mol. The Labute approximate surface area is 206 Å². The zero-order chi connectivity index (χ0) is 24.5. The molecule has 0 amide bonds. The van der Waals surface area contributed by atoms with Crippen LogP contribution in [0.2, 0.25) is 0 Å². The van der Waals surface area contributed by atoms with Crippen LogP contribution < -0.4 is 10.3 Å². The summed E-state index contributed by atoms with van der Waals surface area (Å²) in [6, 6.07) is 28.6. The van der Waals surface area contributed by atoms with Crippen LogP contribution in [0.3, 0.4) is 0 Å². The number of hydrogen-bond acceptors (Lipinski definition) is 5. The van der Waals surface area contributed by atoms with Crippen molar-refractivity contribution in [1.29, 1.82) is 0 Å². The fourth-order valence-corrected chi connectivity index (χ4v) is 4.28. The third kappa shape index (κ3) is 3.75. The van der Waals surface area contributed by atoms with Gasteiger partial charge in [-0.25, -0.2) is 4.98 Å². The maximum absolute atomic E-state index is 13.6.